The molecule has 0 aromatic heterocycles. The average Bonchev–Trinajstić information content (AvgIpc) is 2.19. The van der Waals surface area contributed by atoms with Crippen LogP contribution in [0.15, 0.2) is 12.2 Å². The molecular weight excluding hydrogens is 296 g/mol. The minimum atomic E-state index is -4.17. The van der Waals surface area contributed by atoms with Crippen LogP contribution in [0.4, 0.5) is 0 Å². The third kappa shape index (κ3) is 12.5. The fraction of sp³-hybridized carbons (Fsp3) is 0.769. The van der Waals surface area contributed by atoms with Gasteiger partial charge >= 0.3 is 0 Å². The second-order valence-electron chi connectivity index (χ2n) is 5.63. The second-order valence-corrected chi connectivity index (χ2v) is 7.13. The van der Waals surface area contributed by atoms with Gasteiger partial charge in [-0.15, -0.1) is 0 Å². The van der Waals surface area contributed by atoms with Gasteiger partial charge in [-0.25, -0.2) is 0 Å². The number of aliphatic hydroxyl groups excluding tert-OH is 1. The van der Waals surface area contributed by atoms with E-state index in [2.05, 4.69) is 11.9 Å². The molecule has 0 spiro atoms. The number of aliphatic hydroxyl groups is 1. The minimum Gasteiger partial charge on any atom is -0.386 e. The number of hydrogen-bond donors (Lipinski definition) is 3. The van der Waals surface area contributed by atoms with Crippen LogP contribution >= 0.6 is 0 Å². The lowest BCUT2D eigenvalue weighted by Gasteiger charge is -2.31. The summed E-state index contributed by atoms with van der Waals surface area (Å²) in [6.45, 7) is 6.49. The first-order valence-electron chi connectivity index (χ1n) is 6.32. The van der Waals surface area contributed by atoms with E-state index in [1.165, 1.54) is 0 Å². The van der Waals surface area contributed by atoms with Gasteiger partial charge in [0.05, 0.1) is 20.6 Å². The molecule has 0 rings (SSSR count). The van der Waals surface area contributed by atoms with Gasteiger partial charge in [-0.1, -0.05) is 14.0 Å². The van der Waals surface area contributed by atoms with Gasteiger partial charge in [0, 0.05) is 18.5 Å². The molecule has 1 amide bonds. The molecule has 0 saturated carbocycles. The summed E-state index contributed by atoms with van der Waals surface area (Å²) in [5.74, 6) is -0.858. The predicted molar refractivity (Wildman–Crippen MR) is 83.4 cm³/mol. The van der Waals surface area contributed by atoms with Crippen molar-refractivity contribution in [2.75, 3.05) is 39.5 Å². The Morgan fingerprint density at radius 1 is 1.38 bits per heavy atom. The summed E-state index contributed by atoms with van der Waals surface area (Å²) < 4.78 is 30.4. The van der Waals surface area contributed by atoms with Crippen molar-refractivity contribution in [2.24, 2.45) is 0 Å². The zero-order valence-electron chi connectivity index (χ0n) is 12.3. The van der Waals surface area contributed by atoms with Crippen molar-refractivity contribution in [3.8, 4) is 0 Å². The van der Waals surface area contributed by atoms with E-state index in [1.807, 2.05) is 14.1 Å². The number of hydrogen-bond acceptors (Lipinski definition) is 4. The van der Waals surface area contributed by atoms with Crippen LogP contribution in [0.3, 0.4) is 0 Å². The lowest BCUT2D eigenvalue weighted by molar-refractivity contribution is -0.893. The van der Waals surface area contributed by atoms with Crippen LogP contribution in [0.25, 0.3) is 0 Å². The normalized spacial score (nSPS) is 13.2. The van der Waals surface area contributed by atoms with E-state index in [-0.39, 0.29) is 19.9 Å². The molecule has 1 unspecified atom stereocenters. The average molecular weight is 325 g/mol. The van der Waals surface area contributed by atoms with Gasteiger partial charge < -0.3 is 14.9 Å². The molecule has 21 heavy (non-hydrogen) atoms. The lowest BCUT2D eigenvalue weighted by atomic mass is 10.2. The molecule has 0 aliphatic rings. The Kier molecular flexibility index (Phi) is 9.71. The number of amides is 1. The number of rotatable bonds is 9. The Bertz CT molecular complexity index is 445. The van der Waals surface area contributed by atoms with Gasteiger partial charge in [-0.05, 0) is 6.92 Å². The second kappa shape index (κ2) is 9.14. The first-order valence-corrected chi connectivity index (χ1v) is 7.93. The van der Waals surface area contributed by atoms with Gasteiger partial charge in [0.15, 0.2) is 0 Å². The minimum absolute atomic E-state index is 0. The fourth-order valence-corrected chi connectivity index (χ4v) is 2.41. The van der Waals surface area contributed by atoms with Crippen LogP contribution in [-0.4, -0.2) is 74.1 Å². The summed E-state index contributed by atoms with van der Waals surface area (Å²) >= 11 is 0. The highest BCUT2D eigenvalue weighted by Crippen LogP contribution is 2.03. The van der Waals surface area contributed by atoms with Crippen LogP contribution in [-0.2, 0) is 14.9 Å². The fourth-order valence-electron chi connectivity index (χ4n) is 1.82. The molecule has 0 aromatic rings. The molecule has 0 aliphatic heterocycles. The van der Waals surface area contributed by atoms with E-state index in [0.29, 0.717) is 29.6 Å². The van der Waals surface area contributed by atoms with Gasteiger partial charge in [0.1, 0.15) is 18.4 Å². The molecule has 3 N–H and O–H groups in total. The smallest absolute Gasteiger partial charge is 0.267 e. The molecule has 0 heterocycles. The van der Waals surface area contributed by atoms with Gasteiger partial charge in [0.2, 0.25) is 5.91 Å². The van der Waals surface area contributed by atoms with E-state index >= 15 is 0 Å². The van der Waals surface area contributed by atoms with Crippen molar-refractivity contribution in [2.45, 2.75) is 26.9 Å². The highest BCUT2D eigenvalue weighted by Gasteiger charge is 2.23. The van der Waals surface area contributed by atoms with Crippen LogP contribution in [0.1, 0.15) is 20.8 Å². The van der Waals surface area contributed by atoms with Crippen molar-refractivity contribution in [3.63, 3.8) is 0 Å². The Morgan fingerprint density at radius 3 is 2.33 bits per heavy atom. The van der Waals surface area contributed by atoms with Crippen LogP contribution < -0.4 is 5.32 Å². The first-order chi connectivity index (χ1) is 8.93. The molecule has 0 aromatic carbocycles. The zero-order valence-corrected chi connectivity index (χ0v) is 13.1. The summed E-state index contributed by atoms with van der Waals surface area (Å²) in [5.41, 5.74) is 0.447. The van der Waals surface area contributed by atoms with E-state index < -0.39 is 22.0 Å². The molecule has 0 saturated heterocycles. The van der Waals surface area contributed by atoms with Crippen LogP contribution in [0.5, 0.6) is 0 Å². The molecule has 1 atom stereocenters. The first kappa shape index (κ1) is 22.3. The van der Waals surface area contributed by atoms with Crippen molar-refractivity contribution in [1.82, 2.24) is 5.32 Å². The maximum absolute atomic E-state index is 11.3. The van der Waals surface area contributed by atoms with Crippen molar-refractivity contribution < 1.29 is 27.4 Å². The van der Waals surface area contributed by atoms with Crippen LogP contribution in [0.2, 0.25) is 0 Å². The summed E-state index contributed by atoms with van der Waals surface area (Å²) in [5, 5.41) is 12.3. The highest BCUT2D eigenvalue weighted by atomic mass is 32.2. The summed E-state index contributed by atoms with van der Waals surface area (Å²) in [4.78, 5) is 11.3. The van der Waals surface area contributed by atoms with Crippen molar-refractivity contribution in [1.29, 1.82) is 0 Å². The number of carbonyl (C=O) groups excluding carboxylic acids is 1. The van der Waals surface area contributed by atoms with Gasteiger partial charge in [0.25, 0.3) is 10.1 Å². The largest absolute Gasteiger partial charge is 0.386 e. The van der Waals surface area contributed by atoms with E-state index in [9.17, 15) is 18.3 Å². The molecule has 126 valence electrons. The van der Waals surface area contributed by atoms with E-state index in [1.54, 1.807) is 6.92 Å². The van der Waals surface area contributed by atoms with E-state index in [0.717, 1.165) is 0 Å². The number of carbonyl (C=O) groups is 1. The molecular formula is C13H29N2O5S+. The number of nitrogens with one attached hydrogen (secondary N) is 1. The van der Waals surface area contributed by atoms with Gasteiger partial charge in [-0.3, -0.25) is 9.35 Å². The summed E-state index contributed by atoms with van der Waals surface area (Å²) in [7, 11) is -0.486. The Labute approximate surface area is 128 Å². The van der Waals surface area contributed by atoms with Gasteiger partial charge in [-0.2, -0.15) is 8.42 Å². The van der Waals surface area contributed by atoms with Crippen molar-refractivity contribution >= 4 is 16.0 Å². The third-order valence-electron chi connectivity index (χ3n) is 2.72. The Hall–Kier alpha value is -0.960. The topological polar surface area (TPSA) is 104 Å². The van der Waals surface area contributed by atoms with Crippen LogP contribution in [0, 0.1) is 0 Å². The molecule has 0 fully saturated rings. The number of nitrogens with zero attached hydrogens (tertiary/aromatic N) is 1. The summed E-state index contributed by atoms with van der Waals surface area (Å²) in [6, 6.07) is 0. The standard InChI is InChI=1S/C12H24N2O5S.CH4/c1-10(2)12(16)13-6-5-7-14(3,4)8-11(15)9-20(17,18)19;/h11,15H,1,5-9H2,2-4H3,(H-,13,16,17,18,19);1H4/p+1. The van der Waals surface area contributed by atoms with E-state index in [4.69, 9.17) is 4.55 Å². The Balaban J connectivity index is 0. The predicted octanol–water partition coefficient (Wildman–Crippen LogP) is 0.0300. The molecule has 0 bridgehead atoms. The Morgan fingerprint density at radius 2 is 1.90 bits per heavy atom. The molecule has 8 heteroatoms. The quantitative estimate of drug-likeness (QED) is 0.240. The summed E-state index contributed by atoms with van der Waals surface area (Å²) in [6.07, 6.45) is -0.435. The lowest BCUT2D eigenvalue weighted by Crippen LogP contribution is -2.48. The molecule has 0 aliphatic carbocycles. The monoisotopic (exact) mass is 325 g/mol. The zero-order chi connectivity index (χ0) is 16.0. The number of likely N-dealkylation sites (N-methyl/N-ethyl adjacent to an activating group) is 1. The maximum Gasteiger partial charge on any atom is 0.267 e. The SMILES string of the molecule is C.C=C(C)C(=O)NCCC[N+](C)(C)CC(O)CS(=O)(=O)O. The highest BCUT2D eigenvalue weighted by molar-refractivity contribution is 7.85. The van der Waals surface area contributed by atoms with Crippen molar-refractivity contribution in [3.05, 3.63) is 12.2 Å². The third-order valence-corrected chi connectivity index (χ3v) is 3.53. The molecule has 0 radical (unpaired) electrons. The molecule has 7 nitrogen and oxygen atoms in total. The number of quaternary nitrogens is 1. The maximum atomic E-state index is 11.3.